The molecule has 0 fully saturated rings. The molecule has 90 valence electrons. The Morgan fingerprint density at radius 1 is 1.28 bits per heavy atom. The number of hydrogen-bond donors (Lipinski definition) is 2. The third-order valence-corrected chi connectivity index (χ3v) is 3.36. The number of fused-ring (bicyclic) bond motifs is 1. The molecule has 1 aromatic carbocycles. The maximum atomic E-state index is 5.54. The molecule has 0 spiro atoms. The third-order valence-electron chi connectivity index (χ3n) is 2.56. The van der Waals surface area contributed by atoms with Gasteiger partial charge < -0.3 is 11.1 Å². The first-order chi connectivity index (χ1) is 8.86. The first-order valence-electron chi connectivity index (χ1n) is 5.49. The highest BCUT2D eigenvalue weighted by Crippen LogP contribution is 2.24. The minimum Gasteiger partial charge on any atom is -0.325 e. The Labute approximate surface area is 108 Å². The number of aromatic nitrogens is 3. The van der Waals surface area contributed by atoms with Crippen molar-refractivity contribution in [3.63, 3.8) is 0 Å². The molecule has 0 saturated carbocycles. The molecule has 0 bridgehead atoms. The molecule has 0 radical (unpaired) electrons. The quantitative estimate of drug-likeness (QED) is 0.752. The Morgan fingerprint density at radius 2 is 2.17 bits per heavy atom. The van der Waals surface area contributed by atoms with Crippen molar-refractivity contribution in [3.8, 4) is 0 Å². The lowest BCUT2D eigenvalue weighted by molar-refractivity contribution is 1.01. The van der Waals surface area contributed by atoms with Crippen LogP contribution in [-0.4, -0.2) is 15.2 Å². The van der Waals surface area contributed by atoms with Gasteiger partial charge in [-0.3, -0.25) is 0 Å². The largest absolute Gasteiger partial charge is 0.325 e. The van der Waals surface area contributed by atoms with Crippen molar-refractivity contribution >= 4 is 33.1 Å². The summed E-state index contributed by atoms with van der Waals surface area (Å²) in [5.41, 5.74) is 6.41. The van der Waals surface area contributed by atoms with Crippen molar-refractivity contribution in [1.82, 2.24) is 15.2 Å². The van der Waals surface area contributed by atoms with Crippen LogP contribution < -0.4 is 11.1 Å². The van der Waals surface area contributed by atoms with E-state index in [2.05, 4.69) is 20.5 Å². The van der Waals surface area contributed by atoms with E-state index in [-0.39, 0.29) is 0 Å². The summed E-state index contributed by atoms with van der Waals surface area (Å²) in [5.74, 6) is 0.714. The van der Waals surface area contributed by atoms with E-state index in [1.807, 2.05) is 29.6 Å². The molecule has 0 unspecified atom stereocenters. The zero-order valence-corrected chi connectivity index (χ0v) is 10.3. The van der Waals surface area contributed by atoms with Crippen molar-refractivity contribution in [2.75, 3.05) is 5.32 Å². The normalized spacial score (nSPS) is 10.7. The molecular formula is C12H11N5S. The lowest BCUT2D eigenvalue weighted by atomic mass is 10.2. The van der Waals surface area contributed by atoms with Crippen LogP contribution in [0, 0.1) is 0 Å². The van der Waals surface area contributed by atoms with E-state index in [0.29, 0.717) is 12.4 Å². The maximum absolute atomic E-state index is 5.54. The summed E-state index contributed by atoms with van der Waals surface area (Å²) >= 11 is 1.51. The van der Waals surface area contributed by atoms with Gasteiger partial charge in [0.05, 0.1) is 11.9 Å². The van der Waals surface area contributed by atoms with Crippen LogP contribution in [0.4, 0.5) is 10.9 Å². The van der Waals surface area contributed by atoms with E-state index in [1.165, 1.54) is 11.3 Å². The standard InChI is InChI=1S/C12H11N5S/c13-5-9-7-18-12(15-9)16-11-10-4-2-1-3-8(10)6-14-17-11/h1-4,6-7H,5,13H2,(H,15,16,17). The molecule has 0 amide bonds. The van der Waals surface area contributed by atoms with Crippen molar-refractivity contribution in [3.05, 3.63) is 41.5 Å². The Bertz CT molecular complexity index is 674. The van der Waals surface area contributed by atoms with Gasteiger partial charge in [0, 0.05) is 22.7 Å². The van der Waals surface area contributed by atoms with Crippen molar-refractivity contribution in [1.29, 1.82) is 0 Å². The molecule has 2 aromatic heterocycles. The van der Waals surface area contributed by atoms with Gasteiger partial charge in [-0.2, -0.15) is 5.10 Å². The summed E-state index contributed by atoms with van der Waals surface area (Å²) in [4.78, 5) is 4.35. The first kappa shape index (κ1) is 11.1. The van der Waals surface area contributed by atoms with E-state index in [9.17, 15) is 0 Å². The summed E-state index contributed by atoms with van der Waals surface area (Å²) in [6, 6.07) is 7.96. The van der Waals surface area contributed by atoms with Crippen LogP contribution in [0.2, 0.25) is 0 Å². The molecule has 0 atom stereocenters. The van der Waals surface area contributed by atoms with Gasteiger partial charge in [-0.15, -0.1) is 16.4 Å². The Kier molecular flexibility index (Phi) is 2.87. The zero-order chi connectivity index (χ0) is 12.4. The maximum Gasteiger partial charge on any atom is 0.188 e. The number of rotatable bonds is 3. The molecule has 0 aliphatic rings. The van der Waals surface area contributed by atoms with Crippen molar-refractivity contribution < 1.29 is 0 Å². The van der Waals surface area contributed by atoms with Gasteiger partial charge in [0.1, 0.15) is 0 Å². The van der Waals surface area contributed by atoms with Gasteiger partial charge in [-0.1, -0.05) is 24.3 Å². The first-order valence-corrected chi connectivity index (χ1v) is 6.37. The van der Waals surface area contributed by atoms with Crippen LogP contribution in [0.25, 0.3) is 10.8 Å². The smallest absolute Gasteiger partial charge is 0.188 e. The number of nitrogens with zero attached hydrogens (tertiary/aromatic N) is 3. The van der Waals surface area contributed by atoms with Gasteiger partial charge in [-0.25, -0.2) is 4.98 Å². The molecule has 5 nitrogen and oxygen atoms in total. The lowest BCUT2D eigenvalue weighted by Crippen LogP contribution is -1.98. The number of nitrogens with one attached hydrogen (secondary N) is 1. The van der Waals surface area contributed by atoms with Gasteiger partial charge in [0.2, 0.25) is 0 Å². The minimum atomic E-state index is 0.444. The van der Waals surface area contributed by atoms with Crippen LogP contribution in [0.5, 0.6) is 0 Å². The van der Waals surface area contributed by atoms with E-state index in [1.54, 1.807) is 6.20 Å². The third kappa shape index (κ3) is 2.03. The van der Waals surface area contributed by atoms with E-state index in [4.69, 9.17) is 5.73 Å². The van der Waals surface area contributed by atoms with Gasteiger partial charge >= 0.3 is 0 Å². The van der Waals surface area contributed by atoms with Gasteiger partial charge in [0.15, 0.2) is 10.9 Å². The highest BCUT2D eigenvalue weighted by molar-refractivity contribution is 7.13. The highest BCUT2D eigenvalue weighted by Gasteiger charge is 2.06. The average Bonchev–Trinajstić information content (AvgIpc) is 2.87. The molecule has 3 aromatic rings. The summed E-state index contributed by atoms with van der Waals surface area (Å²) < 4.78 is 0. The molecule has 6 heteroatoms. The highest BCUT2D eigenvalue weighted by atomic mass is 32.1. The fraction of sp³-hybridized carbons (Fsp3) is 0.0833. The van der Waals surface area contributed by atoms with E-state index < -0.39 is 0 Å². The minimum absolute atomic E-state index is 0.444. The number of hydrogen-bond acceptors (Lipinski definition) is 6. The molecule has 0 saturated heterocycles. The van der Waals surface area contributed by atoms with Crippen LogP contribution in [0.3, 0.4) is 0 Å². The molecule has 18 heavy (non-hydrogen) atoms. The summed E-state index contributed by atoms with van der Waals surface area (Å²) in [5, 5.41) is 16.0. The second kappa shape index (κ2) is 4.67. The summed E-state index contributed by atoms with van der Waals surface area (Å²) in [6.45, 7) is 0.444. The van der Waals surface area contributed by atoms with Gasteiger partial charge in [-0.05, 0) is 0 Å². The summed E-state index contributed by atoms with van der Waals surface area (Å²) in [7, 11) is 0. The van der Waals surface area contributed by atoms with E-state index >= 15 is 0 Å². The number of thiazole rings is 1. The predicted octanol–water partition coefficient (Wildman–Crippen LogP) is 2.29. The second-order valence-electron chi connectivity index (χ2n) is 3.75. The fourth-order valence-electron chi connectivity index (χ4n) is 1.68. The van der Waals surface area contributed by atoms with Gasteiger partial charge in [0.25, 0.3) is 0 Å². The van der Waals surface area contributed by atoms with Crippen LogP contribution >= 0.6 is 11.3 Å². The Balaban J connectivity index is 1.99. The fourth-order valence-corrected chi connectivity index (χ4v) is 2.40. The molecule has 2 heterocycles. The van der Waals surface area contributed by atoms with Crippen LogP contribution in [0.1, 0.15) is 5.69 Å². The molecule has 0 aliphatic carbocycles. The topological polar surface area (TPSA) is 76.7 Å². The zero-order valence-electron chi connectivity index (χ0n) is 9.50. The van der Waals surface area contributed by atoms with Crippen molar-refractivity contribution in [2.45, 2.75) is 6.54 Å². The monoisotopic (exact) mass is 257 g/mol. The summed E-state index contributed by atoms with van der Waals surface area (Å²) in [6.07, 6.45) is 1.74. The molecule has 3 N–H and O–H groups in total. The second-order valence-corrected chi connectivity index (χ2v) is 4.61. The average molecular weight is 257 g/mol. The SMILES string of the molecule is NCc1csc(Nc2nncc3ccccc23)n1. The molecule has 0 aliphatic heterocycles. The number of benzene rings is 1. The van der Waals surface area contributed by atoms with Crippen LogP contribution in [-0.2, 0) is 6.54 Å². The lowest BCUT2D eigenvalue weighted by Gasteiger charge is -2.04. The van der Waals surface area contributed by atoms with Crippen molar-refractivity contribution in [2.24, 2.45) is 5.73 Å². The Morgan fingerprint density at radius 3 is 3.00 bits per heavy atom. The van der Waals surface area contributed by atoms with E-state index in [0.717, 1.165) is 21.6 Å². The van der Waals surface area contributed by atoms with Crippen LogP contribution in [0.15, 0.2) is 35.8 Å². The number of nitrogens with two attached hydrogens (primary N) is 1. The Hall–Kier alpha value is -2.05. The molecular weight excluding hydrogens is 246 g/mol. The number of anilines is 2. The predicted molar refractivity (Wildman–Crippen MR) is 72.8 cm³/mol. The molecule has 3 rings (SSSR count).